The van der Waals surface area contributed by atoms with Gasteiger partial charge in [-0.15, -0.1) is 0 Å². The smallest absolute Gasteiger partial charge is 0.309 e. The fourth-order valence-corrected chi connectivity index (χ4v) is 4.27. The van der Waals surface area contributed by atoms with Crippen molar-refractivity contribution >= 4 is 17.8 Å². The largest absolute Gasteiger partial charge is 0.481 e. The van der Waals surface area contributed by atoms with Gasteiger partial charge in [0.2, 0.25) is 11.9 Å². The standard InChI is InChI=1S/C21H25N5O3/c27-18-10-17(19(28)29)21(25-18)6-8-26(9-7-21)14-16-12-23-20(24-13-16)22-11-15-4-2-1-3-5-15/h1-5,12-13,17H,6-11,14H2,(H,25,27)(H,28,29)(H,22,23,24). The zero-order valence-electron chi connectivity index (χ0n) is 16.2. The minimum absolute atomic E-state index is 0.0839. The summed E-state index contributed by atoms with van der Waals surface area (Å²) in [5.41, 5.74) is 1.58. The van der Waals surface area contributed by atoms with Gasteiger partial charge in [-0.1, -0.05) is 30.3 Å². The third kappa shape index (κ3) is 4.37. The quantitative estimate of drug-likeness (QED) is 0.682. The molecule has 1 spiro atoms. The molecule has 1 atom stereocenters. The molecule has 4 rings (SSSR count). The fourth-order valence-electron chi connectivity index (χ4n) is 4.27. The molecule has 3 N–H and O–H groups in total. The molecule has 1 aromatic carbocycles. The van der Waals surface area contributed by atoms with E-state index in [0.29, 0.717) is 31.9 Å². The number of aliphatic carboxylic acids is 1. The molecule has 1 unspecified atom stereocenters. The molecular weight excluding hydrogens is 370 g/mol. The minimum Gasteiger partial charge on any atom is -0.481 e. The maximum atomic E-state index is 11.8. The minimum atomic E-state index is -0.885. The summed E-state index contributed by atoms with van der Waals surface area (Å²) in [7, 11) is 0. The number of likely N-dealkylation sites (tertiary alicyclic amines) is 1. The van der Waals surface area contributed by atoms with Crippen LogP contribution < -0.4 is 10.6 Å². The highest BCUT2D eigenvalue weighted by Gasteiger charge is 2.51. The summed E-state index contributed by atoms with van der Waals surface area (Å²) in [6.45, 7) is 2.85. The molecule has 2 aromatic rings. The number of carbonyl (C=O) groups is 2. The molecule has 29 heavy (non-hydrogen) atoms. The van der Waals surface area contributed by atoms with Gasteiger partial charge in [0, 0.05) is 50.6 Å². The number of amides is 1. The lowest BCUT2D eigenvalue weighted by Crippen LogP contribution is -2.55. The van der Waals surface area contributed by atoms with E-state index in [9.17, 15) is 14.7 Å². The van der Waals surface area contributed by atoms with Crippen LogP contribution in [-0.4, -0.2) is 50.5 Å². The number of anilines is 1. The summed E-state index contributed by atoms with van der Waals surface area (Å²) >= 11 is 0. The van der Waals surface area contributed by atoms with Gasteiger partial charge >= 0.3 is 5.97 Å². The highest BCUT2D eigenvalue weighted by Crippen LogP contribution is 2.37. The van der Waals surface area contributed by atoms with Gasteiger partial charge < -0.3 is 15.7 Å². The van der Waals surface area contributed by atoms with Gasteiger partial charge in [-0.25, -0.2) is 9.97 Å². The molecule has 2 aliphatic rings. The Morgan fingerprint density at radius 2 is 1.86 bits per heavy atom. The molecule has 152 valence electrons. The molecule has 1 amide bonds. The second-order valence-corrected chi connectivity index (χ2v) is 7.83. The zero-order valence-corrected chi connectivity index (χ0v) is 16.2. The third-order valence-electron chi connectivity index (χ3n) is 5.90. The first-order chi connectivity index (χ1) is 14.0. The number of benzene rings is 1. The van der Waals surface area contributed by atoms with Gasteiger partial charge in [-0.3, -0.25) is 14.5 Å². The van der Waals surface area contributed by atoms with Crippen LogP contribution in [0.2, 0.25) is 0 Å². The van der Waals surface area contributed by atoms with E-state index in [1.54, 1.807) is 0 Å². The second-order valence-electron chi connectivity index (χ2n) is 7.83. The topological polar surface area (TPSA) is 107 Å². The SMILES string of the molecule is O=C1CC(C(=O)O)C2(CCN(Cc3cnc(NCc4ccccc4)nc3)CC2)N1. The number of hydrogen-bond acceptors (Lipinski definition) is 6. The van der Waals surface area contributed by atoms with E-state index in [1.807, 2.05) is 42.7 Å². The van der Waals surface area contributed by atoms with Crippen LogP contribution in [0, 0.1) is 5.92 Å². The van der Waals surface area contributed by atoms with Gasteiger partial charge in [-0.05, 0) is 18.4 Å². The van der Waals surface area contributed by atoms with Crippen LogP contribution >= 0.6 is 0 Å². The van der Waals surface area contributed by atoms with E-state index in [0.717, 1.165) is 18.7 Å². The summed E-state index contributed by atoms with van der Waals surface area (Å²) < 4.78 is 0. The van der Waals surface area contributed by atoms with Crippen molar-refractivity contribution in [2.24, 2.45) is 5.92 Å². The van der Waals surface area contributed by atoms with Crippen LogP contribution in [0.1, 0.15) is 30.4 Å². The van der Waals surface area contributed by atoms with Crippen molar-refractivity contribution < 1.29 is 14.7 Å². The van der Waals surface area contributed by atoms with E-state index in [1.165, 1.54) is 5.56 Å². The highest BCUT2D eigenvalue weighted by atomic mass is 16.4. The van der Waals surface area contributed by atoms with Crippen molar-refractivity contribution in [1.29, 1.82) is 0 Å². The number of nitrogens with one attached hydrogen (secondary N) is 2. The van der Waals surface area contributed by atoms with Crippen LogP contribution in [0.3, 0.4) is 0 Å². The maximum Gasteiger partial charge on any atom is 0.309 e. The van der Waals surface area contributed by atoms with Gasteiger partial charge in [0.15, 0.2) is 0 Å². The molecule has 1 aromatic heterocycles. The molecule has 2 saturated heterocycles. The summed E-state index contributed by atoms with van der Waals surface area (Å²) in [6.07, 6.45) is 5.02. The molecule has 2 aliphatic heterocycles. The number of piperidine rings is 1. The third-order valence-corrected chi connectivity index (χ3v) is 5.90. The van der Waals surface area contributed by atoms with E-state index < -0.39 is 17.4 Å². The molecule has 8 heteroatoms. The number of aromatic nitrogens is 2. The van der Waals surface area contributed by atoms with Gasteiger partial charge in [-0.2, -0.15) is 0 Å². The Morgan fingerprint density at radius 3 is 2.52 bits per heavy atom. The van der Waals surface area contributed by atoms with Gasteiger partial charge in [0.25, 0.3) is 0 Å². The summed E-state index contributed by atoms with van der Waals surface area (Å²) in [6, 6.07) is 10.1. The highest BCUT2D eigenvalue weighted by molar-refractivity contribution is 5.88. The Balaban J connectivity index is 1.29. The summed E-state index contributed by atoms with van der Waals surface area (Å²) in [5, 5.41) is 15.6. The number of carboxylic acid groups (broad SMARTS) is 1. The first-order valence-electron chi connectivity index (χ1n) is 9.89. The zero-order chi connectivity index (χ0) is 20.3. The van der Waals surface area contributed by atoms with E-state index in [-0.39, 0.29) is 12.3 Å². The summed E-state index contributed by atoms with van der Waals surface area (Å²) in [4.78, 5) is 34.3. The average Bonchev–Trinajstić information content (AvgIpc) is 3.06. The monoisotopic (exact) mass is 395 g/mol. The predicted octanol–water partition coefficient (Wildman–Crippen LogP) is 1.64. The normalized spacial score (nSPS) is 21.1. The maximum absolute atomic E-state index is 11.8. The Labute approximate surface area is 169 Å². The number of rotatable bonds is 6. The Kier molecular flexibility index (Phi) is 5.44. The Hall–Kier alpha value is -3.00. The van der Waals surface area contributed by atoms with E-state index >= 15 is 0 Å². The molecular formula is C21H25N5O3. The van der Waals surface area contributed by atoms with E-state index in [2.05, 4.69) is 25.5 Å². The number of nitrogens with zero attached hydrogens (tertiary/aromatic N) is 3. The fraction of sp³-hybridized carbons (Fsp3) is 0.429. The first kappa shape index (κ1) is 19.3. The number of carboxylic acids is 1. The van der Waals surface area contributed by atoms with Crippen molar-refractivity contribution in [3.05, 3.63) is 53.9 Å². The molecule has 0 aliphatic carbocycles. The summed E-state index contributed by atoms with van der Waals surface area (Å²) in [5.74, 6) is -1.08. The van der Waals surface area contributed by atoms with Crippen molar-refractivity contribution in [3.8, 4) is 0 Å². The Morgan fingerprint density at radius 1 is 1.17 bits per heavy atom. The number of hydrogen-bond donors (Lipinski definition) is 3. The molecule has 3 heterocycles. The lowest BCUT2D eigenvalue weighted by atomic mass is 9.77. The van der Waals surface area contributed by atoms with Crippen LogP contribution in [0.25, 0.3) is 0 Å². The van der Waals surface area contributed by atoms with Crippen molar-refractivity contribution in [1.82, 2.24) is 20.2 Å². The van der Waals surface area contributed by atoms with E-state index in [4.69, 9.17) is 0 Å². The first-order valence-corrected chi connectivity index (χ1v) is 9.89. The van der Waals surface area contributed by atoms with Crippen LogP contribution in [0.4, 0.5) is 5.95 Å². The van der Waals surface area contributed by atoms with Crippen LogP contribution in [0.5, 0.6) is 0 Å². The van der Waals surface area contributed by atoms with Crippen LogP contribution in [-0.2, 0) is 22.7 Å². The van der Waals surface area contributed by atoms with Crippen LogP contribution in [0.15, 0.2) is 42.7 Å². The molecule has 8 nitrogen and oxygen atoms in total. The number of carbonyl (C=O) groups excluding carboxylic acids is 1. The molecule has 0 bridgehead atoms. The van der Waals surface area contributed by atoms with Crippen molar-refractivity contribution in [2.75, 3.05) is 18.4 Å². The Bertz CT molecular complexity index is 864. The molecule has 2 fully saturated rings. The molecule has 0 radical (unpaired) electrons. The second kappa shape index (κ2) is 8.16. The van der Waals surface area contributed by atoms with Crippen molar-refractivity contribution in [3.63, 3.8) is 0 Å². The van der Waals surface area contributed by atoms with Gasteiger partial charge in [0.1, 0.15) is 0 Å². The van der Waals surface area contributed by atoms with Crippen molar-refractivity contribution in [2.45, 2.75) is 37.9 Å². The van der Waals surface area contributed by atoms with Gasteiger partial charge in [0.05, 0.1) is 11.5 Å². The lowest BCUT2D eigenvalue weighted by Gasteiger charge is -2.41. The molecule has 0 saturated carbocycles. The lowest BCUT2D eigenvalue weighted by molar-refractivity contribution is -0.144. The average molecular weight is 395 g/mol. The predicted molar refractivity (Wildman–Crippen MR) is 107 cm³/mol.